The molecule has 0 aliphatic rings. The lowest BCUT2D eigenvalue weighted by molar-refractivity contribution is 0.414. The smallest absolute Gasteiger partial charge is 0.191 e. The van der Waals surface area contributed by atoms with E-state index >= 15 is 0 Å². The van der Waals surface area contributed by atoms with Crippen LogP contribution in [0.1, 0.15) is 24.7 Å². The number of benzene rings is 1. The summed E-state index contributed by atoms with van der Waals surface area (Å²) in [6.07, 6.45) is 3.80. The average Bonchev–Trinajstić information content (AvgIpc) is 3.12. The number of rotatable bonds is 8. The van der Waals surface area contributed by atoms with Gasteiger partial charge in [0.25, 0.3) is 0 Å². The van der Waals surface area contributed by atoms with Crippen LogP contribution in [0.4, 0.5) is 0 Å². The van der Waals surface area contributed by atoms with Gasteiger partial charge in [-0.3, -0.25) is 4.40 Å². The Balaban J connectivity index is 0.00000280. The van der Waals surface area contributed by atoms with Gasteiger partial charge in [0.05, 0.1) is 13.7 Å². The molecule has 2 N–H and O–H groups in total. The van der Waals surface area contributed by atoms with Crippen molar-refractivity contribution in [3.8, 4) is 5.75 Å². The summed E-state index contributed by atoms with van der Waals surface area (Å²) in [5, 5.41) is 15.1. The highest BCUT2D eigenvalue weighted by Crippen LogP contribution is 2.13. The van der Waals surface area contributed by atoms with Gasteiger partial charge in [0, 0.05) is 25.7 Å². The van der Waals surface area contributed by atoms with Gasteiger partial charge in [-0.15, -0.1) is 34.2 Å². The van der Waals surface area contributed by atoms with Crippen molar-refractivity contribution in [3.63, 3.8) is 0 Å². The van der Waals surface area contributed by atoms with Gasteiger partial charge < -0.3 is 15.4 Å². The SMILES string of the molecule is CCNC(=NCc1cccc(OC)c1)NCCCc1nnc2ccccn12.I. The third-order valence-electron chi connectivity index (χ3n) is 4.15. The van der Waals surface area contributed by atoms with Crippen LogP contribution in [-0.4, -0.2) is 40.8 Å². The highest BCUT2D eigenvalue weighted by atomic mass is 127. The van der Waals surface area contributed by atoms with Gasteiger partial charge in [0.15, 0.2) is 11.6 Å². The zero-order valence-electron chi connectivity index (χ0n) is 16.3. The van der Waals surface area contributed by atoms with E-state index in [-0.39, 0.29) is 24.0 Å². The first-order valence-electron chi connectivity index (χ1n) is 9.24. The van der Waals surface area contributed by atoms with Crippen molar-refractivity contribution in [2.75, 3.05) is 20.2 Å². The Hall–Kier alpha value is -2.36. The van der Waals surface area contributed by atoms with Crippen LogP contribution < -0.4 is 15.4 Å². The van der Waals surface area contributed by atoms with Gasteiger partial charge in [-0.2, -0.15) is 0 Å². The van der Waals surface area contributed by atoms with Crippen molar-refractivity contribution in [2.24, 2.45) is 4.99 Å². The van der Waals surface area contributed by atoms with Crippen molar-refractivity contribution >= 4 is 35.6 Å². The predicted octanol–water partition coefficient (Wildman–Crippen LogP) is 3.04. The van der Waals surface area contributed by atoms with Crippen molar-refractivity contribution in [1.82, 2.24) is 25.2 Å². The van der Waals surface area contributed by atoms with Crippen LogP contribution in [0.3, 0.4) is 0 Å². The monoisotopic (exact) mass is 494 g/mol. The number of methoxy groups -OCH3 is 1. The first-order chi connectivity index (χ1) is 13.3. The molecular weight excluding hydrogens is 467 g/mol. The molecular formula is C20H27IN6O. The molecule has 0 saturated carbocycles. The number of hydrogen-bond donors (Lipinski definition) is 2. The summed E-state index contributed by atoms with van der Waals surface area (Å²) in [5.41, 5.74) is 2.00. The molecule has 8 heteroatoms. The second kappa shape index (κ2) is 11.5. The van der Waals surface area contributed by atoms with Crippen LogP contribution in [-0.2, 0) is 13.0 Å². The number of hydrogen-bond acceptors (Lipinski definition) is 4. The Morgan fingerprint density at radius 2 is 2.04 bits per heavy atom. The Morgan fingerprint density at radius 1 is 1.14 bits per heavy atom. The van der Waals surface area contributed by atoms with Crippen LogP contribution >= 0.6 is 24.0 Å². The molecule has 0 aliphatic carbocycles. The maximum atomic E-state index is 5.26. The molecule has 0 unspecified atom stereocenters. The first kappa shape index (κ1) is 21.9. The average molecular weight is 494 g/mol. The van der Waals surface area contributed by atoms with Gasteiger partial charge in [-0.1, -0.05) is 18.2 Å². The zero-order valence-corrected chi connectivity index (χ0v) is 18.6. The molecule has 1 aromatic carbocycles. The molecule has 2 aromatic heterocycles. The fourth-order valence-electron chi connectivity index (χ4n) is 2.80. The highest BCUT2D eigenvalue weighted by Gasteiger charge is 2.04. The normalized spacial score (nSPS) is 11.1. The van der Waals surface area contributed by atoms with Gasteiger partial charge in [0.1, 0.15) is 11.6 Å². The minimum Gasteiger partial charge on any atom is -0.497 e. The summed E-state index contributed by atoms with van der Waals surface area (Å²) < 4.78 is 7.29. The van der Waals surface area contributed by atoms with Gasteiger partial charge in [-0.05, 0) is 43.2 Å². The maximum absolute atomic E-state index is 5.26. The van der Waals surface area contributed by atoms with Crippen molar-refractivity contribution in [2.45, 2.75) is 26.3 Å². The molecule has 3 rings (SSSR count). The van der Waals surface area contributed by atoms with Crippen LogP contribution in [0.5, 0.6) is 5.75 Å². The molecule has 0 saturated heterocycles. The lowest BCUT2D eigenvalue weighted by Crippen LogP contribution is -2.37. The fourth-order valence-corrected chi connectivity index (χ4v) is 2.80. The number of pyridine rings is 1. The number of aryl methyl sites for hydroxylation is 1. The number of halogens is 1. The van der Waals surface area contributed by atoms with E-state index in [1.165, 1.54) is 0 Å². The maximum Gasteiger partial charge on any atom is 0.191 e. The molecule has 2 heterocycles. The summed E-state index contributed by atoms with van der Waals surface area (Å²) >= 11 is 0. The molecule has 28 heavy (non-hydrogen) atoms. The van der Waals surface area contributed by atoms with Crippen molar-refractivity contribution in [3.05, 3.63) is 60.0 Å². The van der Waals surface area contributed by atoms with Crippen molar-refractivity contribution in [1.29, 1.82) is 0 Å². The molecule has 3 aromatic rings. The summed E-state index contributed by atoms with van der Waals surface area (Å²) in [6, 6.07) is 13.9. The largest absolute Gasteiger partial charge is 0.497 e. The van der Waals surface area contributed by atoms with Crippen molar-refractivity contribution < 1.29 is 4.74 Å². The topological polar surface area (TPSA) is 75.8 Å². The van der Waals surface area contributed by atoms with Gasteiger partial charge >= 0.3 is 0 Å². The Labute approximate surface area is 182 Å². The third kappa shape index (κ3) is 6.08. The summed E-state index contributed by atoms with van der Waals surface area (Å²) in [4.78, 5) is 4.65. The number of aliphatic imine (C=N–C) groups is 1. The van der Waals surface area contributed by atoms with E-state index in [0.717, 1.165) is 54.7 Å². The van der Waals surface area contributed by atoms with E-state index in [1.54, 1.807) is 7.11 Å². The van der Waals surface area contributed by atoms with E-state index in [1.807, 2.05) is 53.1 Å². The minimum absolute atomic E-state index is 0. The quantitative estimate of drug-likeness (QED) is 0.218. The molecule has 0 amide bonds. The fraction of sp³-hybridized carbons (Fsp3) is 0.350. The van der Waals surface area contributed by atoms with Gasteiger partial charge in [0.2, 0.25) is 0 Å². The number of fused-ring (bicyclic) bond motifs is 1. The standard InChI is InChI=1S/C20H26N6O.HI/c1-3-21-20(23-15-16-8-6-9-17(14-16)27-2)22-12-7-11-19-25-24-18-10-4-5-13-26(18)19;/h4-6,8-10,13-14H,3,7,11-12,15H2,1-2H3,(H2,21,22,23);1H. The Kier molecular flexibility index (Phi) is 8.99. The molecule has 0 bridgehead atoms. The van der Waals surface area contributed by atoms with E-state index in [2.05, 4.69) is 32.7 Å². The molecule has 0 aliphatic heterocycles. The lowest BCUT2D eigenvalue weighted by atomic mass is 10.2. The van der Waals surface area contributed by atoms with Crippen LogP contribution in [0.15, 0.2) is 53.7 Å². The second-order valence-electron chi connectivity index (χ2n) is 6.12. The minimum atomic E-state index is 0. The molecule has 150 valence electrons. The molecule has 7 nitrogen and oxygen atoms in total. The Morgan fingerprint density at radius 3 is 2.86 bits per heavy atom. The highest BCUT2D eigenvalue weighted by molar-refractivity contribution is 14.0. The van der Waals surface area contributed by atoms with E-state index < -0.39 is 0 Å². The zero-order chi connectivity index (χ0) is 18.9. The lowest BCUT2D eigenvalue weighted by Gasteiger charge is -2.11. The Bertz CT molecular complexity index is 895. The van der Waals surface area contributed by atoms with E-state index in [4.69, 9.17) is 4.74 Å². The number of nitrogens with one attached hydrogen (secondary N) is 2. The molecule has 0 atom stereocenters. The second-order valence-corrected chi connectivity index (χ2v) is 6.12. The first-order valence-corrected chi connectivity index (χ1v) is 9.24. The van der Waals surface area contributed by atoms with E-state index in [9.17, 15) is 0 Å². The van der Waals surface area contributed by atoms with Gasteiger partial charge in [-0.25, -0.2) is 4.99 Å². The molecule has 0 spiro atoms. The molecule has 0 radical (unpaired) electrons. The van der Waals surface area contributed by atoms with E-state index in [0.29, 0.717) is 6.54 Å². The van der Waals surface area contributed by atoms with Crippen LogP contribution in [0.25, 0.3) is 5.65 Å². The van der Waals surface area contributed by atoms with Crippen LogP contribution in [0.2, 0.25) is 0 Å². The number of guanidine groups is 1. The number of nitrogens with zero attached hydrogens (tertiary/aromatic N) is 4. The predicted molar refractivity (Wildman–Crippen MR) is 123 cm³/mol. The number of ether oxygens (including phenoxy) is 1. The molecule has 0 fully saturated rings. The third-order valence-corrected chi connectivity index (χ3v) is 4.15. The van der Waals surface area contributed by atoms with Crippen LogP contribution in [0, 0.1) is 0 Å². The summed E-state index contributed by atoms with van der Waals surface area (Å²) in [5.74, 6) is 2.64. The number of aromatic nitrogens is 3. The summed E-state index contributed by atoms with van der Waals surface area (Å²) in [6.45, 7) is 4.29. The summed E-state index contributed by atoms with van der Waals surface area (Å²) in [7, 11) is 1.67.